The Balaban J connectivity index is 2.02. The molecule has 1 unspecified atom stereocenters. The lowest BCUT2D eigenvalue weighted by Crippen LogP contribution is -2.17. The molecule has 1 aromatic rings. The molecule has 0 amide bonds. The number of aromatic amines is 1. The van der Waals surface area contributed by atoms with Crippen LogP contribution in [0.25, 0.3) is 0 Å². The third kappa shape index (κ3) is 2.92. The van der Waals surface area contributed by atoms with Crippen LogP contribution >= 0.6 is 0 Å². The summed E-state index contributed by atoms with van der Waals surface area (Å²) in [5.41, 5.74) is 0.683. The highest BCUT2D eigenvalue weighted by atomic mass is 16.1. The van der Waals surface area contributed by atoms with Crippen LogP contribution in [0.1, 0.15) is 30.7 Å². The summed E-state index contributed by atoms with van der Waals surface area (Å²) in [6.45, 7) is 3.99. The van der Waals surface area contributed by atoms with E-state index in [4.69, 9.17) is 0 Å². The van der Waals surface area contributed by atoms with Gasteiger partial charge in [-0.2, -0.15) is 0 Å². The fraction of sp³-hybridized carbons (Fsp3) is 0.667. The van der Waals surface area contributed by atoms with Gasteiger partial charge in [0.1, 0.15) is 5.82 Å². The van der Waals surface area contributed by atoms with Crippen LogP contribution in [0, 0.1) is 12.8 Å². The Hall–Kier alpha value is -1.16. The minimum Gasteiger partial charge on any atom is -0.317 e. The summed E-state index contributed by atoms with van der Waals surface area (Å²) in [6.07, 6.45) is 6.20. The van der Waals surface area contributed by atoms with Crippen LogP contribution in [0.3, 0.4) is 0 Å². The predicted octanol–water partition coefficient (Wildman–Crippen LogP) is 1.01. The standard InChI is InChI=1S/C12H19N3O/c1-9-8-14-11(15-12(9)16)7-10-3-2-5-13-6-4-10/h8,10,13H,2-7H2,1H3,(H,14,15,16). The zero-order valence-corrected chi connectivity index (χ0v) is 9.75. The maximum absolute atomic E-state index is 11.4. The number of hydrogen-bond acceptors (Lipinski definition) is 3. The summed E-state index contributed by atoms with van der Waals surface area (Å²) in [5, 5.41) is 3.39. The molecule has 1 saturated heterocycles. The van der Waals surface area contributed by atoms with E-state index in [0.29, 0.717) is 11.5 Å². The lowest BCUT2D eigenvalue weighted by Gasteiger charge is -2.12. The Bertz CT molecular complexity index is 391. The summed E-state index contributed by atoms with van der Waals surface area (Å²) in [4.78, 5) is 18.6. The molecule has 1 aromatic heterocycles. The molecule has 2 heterocycles. The maximum atomic E-state index is 11.4. The number of nitrogens with zero attached hydrogens (tertiary/aromatic N) is 1. The largest absolute Gasteiger partial charge is 0.317 e. The molecule has 0 aromatic carbocycles. The minimum absolute atomic E-state index is 0.00301. The molecule has 0 spiro atoms. The maximum Gasteiger partial charge on any atom is 0.253 e. The van der Waals surface area contributed by atoms with Crippen LogP contribution in [0.4, 0.5) is 0 Å². The van der Waals surface area contributed by atoms with Crippen molar-refractivity contribution in [1.82, 2.24) is 15.3 Å². The van der Waals surface area contributed by atoms with Crippen LogP contribution < -0.4 is 10.9 Å². The third-order valence-electron chi connectivity index (χ3n) is 3.21. The van der Waals surface area contributed by atoms with Gasteiger partial charge in [0.05, 0.1) is 0 Å². The normalized spacial score (nSPS) is 21.7. The molecule has 4 nitrogen and oxygen atoms in total. The Morgan fingerprint density at radius 3 is 3.12 bits per heavy atom. The molecule has 1 atom stereocenters. The molecule has 1 aliphatic heterocycles. The van der Waals surface area contributed by atoms with Crippen molar-refractivity contribution in [2.45, 2.75) is 32.6 Å². The molecule has 2 rings (SSSR count). The third-order valence-corrected chi connectivity index (χ3v) is 3.21. The van der Waals surface area contributed by atoms with Crippen molar-refractivity contribution in [1.29, 1.82) is 0 Å². The lowest BCUT2D eigenvalue weighted by molar-refractivity contribution is 0.458. The second kappa shape index (κ2) is 5.25. The molecular formula is C12H19N3O. The zero-order chi connectivity index (χ0) is 11.4. The van der Waals surface area contributed by atoms with E-state index in [9.17, 15) is 4.79 Å². The highest BCUT2D eigenvalue weighted by Gasteiger charge is 2.13. The topological polar surface area (TPSA) is 57.8 Å². The first-order valence-corrected chi connectivity index (χ1v) is 6.01. The Kier molecular flexibility index (Phi) is 3.72. The van der Waals surface area contributed by atoms with Gasteiger partial charge in [-0.3, -0.25) is 4.79 Å². The predicted molar refractivity (Wildman–Crippen MR) is 63.5 cm³/mol. The molecule has 16 heavy (non-hydrogen) atoms. The molecule has 4 heteroatoms. The van der Waals surface area contributed by atoms with Crippen molar-refractivity contribution in [2.24, 2.45) is 5.92 Å². The van der Waals surface area contributed by atoms with Gasteiger partial charge >= 0.3 is 0 Å². The number of rotatable bonds is 2. The van der Waals surface area contributed by atoms with Gasteiger partial charge in [-0.05, 0) is 45.2 Å². The highest BCUT2D eigenvalue weighted by molar-refractivity contribution is 5.03. The molecule has 0 aliphatic carbocycles. The molecule has 2 N–H and O–H groups in total. The molecule has 0 radical (unpaired) electrons. The van der Waals surface area contributed by atoms with Crippen molar-refractivity contribution in [2.75, 3.05) is 13.1 Å². The fourth-order valence-electron chi connectivity index (χ4n) is 2.17. The van der Waals surface area contributed by atoms with Crippen molar-refractivity contribution in [3.63, 3.8) is 0 Å². The summed E-state index contributed by atoms with van der Waals surface area (Å²) in [6, 6.07) is 0. The quantitative estimate of drug-likeness (QED) is 0.783. The number of nitrogens with one attached hydrogen (secondary N) is 2. The lowest BCUT2D eigenvalue weighted by atomic mass is 9.96. The Morgan fingerprint density at radius 2 is 2.31 bits per heavy atom. The van der Waals surface area contributed by atoms with Gasteiger partial charge in [-0.25, -0.2) is 4.98 Å². The summed E-state index contributed by atoms with van der Waals surface area (Å²) in [5.74, 6) is 1.49. The monoisotopic (exact) mass is 221 g/mol. The Morgan fingerprint density at radius 1 is 1.44 bits per heavy atom. The summed E-state index contributed by atoms with van der Waals surface area (Å²) in [7, 11) is 0. The molecule has 1 aliphatic rings. The highest BCUT2D eigenvalue weighted by Crippen LogP contribution is 2.16. The molecule has 0 saturated carbocycles. The van der Waals surface area contributed by atoms with Gasteiger partial charge in [-0.15, -0.1) is 0 Å². The van der Waals surface area contributed by atoms with E-state index in [0.717, 1.165) is 25.3 Å². The number of H-pyrrole nitrogens is 1. The van der Waals surface area contributed by atoms with Crippen LogP contribution in [-0.4, -0.2) is 23.1 Å². The van der Waals surface area contributed by atoms with Crippen LogP contribution in [-0.2, 0) is 6.42 Å². The van der Waals surface area contributed by atoms with E-state index in [1.54, 1.807) is 13.1 Å². The minimum atomic E-state index is -0.00301. The van der Waals surface area contributed by atoms with Crippen LogP contribution in [0.5, 0.6) is 0 Å². The van der Waals surface area contributed by atoms with E-state index in [1.165, 1.54) is 19.3 Å². The van der Waals surface area contributed by atoms with Gasteiger partial charge < -0.3 is 10.3 Å². The first-order chi connectivity index (χ1) is 7.75. The number of hydrogen-bond donors (Lipinski definition) is 2. The second-order valence-electron chi connectivity index (χ2n) is 4.59. The first-order valence-electron chi connectivity index (χ1n) is 6.01. The van der Waals surface area contributed by atoms with Crippen molar-refractivity contribution in [3.8, 4) is 0 Å². The SMILES string of the molecule is Cc1cnc(CC2CCCNCC2)[nH]c1=O. The van der Waals surface area contributed by atoms with Gasteiger partial charge in [0, 0.05) is 18.2 Å². The van der Waals surface area contributed by atoms with Crippen molar-refractivity contribution in [3.05, 3.63) is 27.9 Å². The van der Waals surface area contributed by atoms with E-state index in [1.807, 2.05) is 0 Å². The zero-order valence-electron chi connectivity index (χ0n) is 9.75. The summed E-state index contributed by atoms with van der Waals surface area (Å²) < 4.78 is 0. The van der Waals surface area contributed by atoms with E-state index in [2.05, 4.69) is 15.3 Å². The van der Waals surface area contributed by atoms with Gasteiger partial charge in [0.15, 0.2) is 0 Å². The average Bonchev–Trinajstić information content (AvgIpc) is 2.52. The fourth-order valence-corrected chi connectivity index (χ4v) is 2.17. The van der Waals surface area contributed by atoms with Gasteiger partial charge in [-0.1, -0.05) is 0 Å². The first kappa shape index (κ1) is 11.3. The van der Waals surface area contributed by atoms with Gasteiger partial charge in [0.2, 0.25) is 0 Å². The van der Waals surface area contributed by atoms with Crippen molar-refractivity contribution < 1.29 is 0 Å². The van der Waals surface area contributed by atoms with Crippen LogP contribution in [0.2, 0.25) is 0 Å². The van der Waals surface area contributed by atoms with Gasteiger partial charge in [0.25, 0.3) is 5.56 Å². The average molecular weight is 221 g/mol. The number of aryl methyl sites for hydroxylation is 1. The summed E-state index contributed by atoms with van der Waals surface area (Å²) >= 11 is 0. The van der Waals surface area contributed by atoms with Crippen LogP contribution in [0.15, 0.2) is 11.0 Å². The number of aromatic nitrogens is 2. The van der Waals surface area contributed by atoms with E-state index >= 15 is 0 Å². The Labute approximate surface area is 95.5 Å². The second-order valence-corrected chi connectivity index (χ2v) is 4.59. The molecule has 1 fully saturated rings. The molecular weight excluding hydrogens is 202 g/mol. The molecule has 88 valence electrons. The van der Waals surface area contributed by atoms with Crippen molar-refractivity contribution >= 4 is 0 Å². The van der Waals surface area contributed by atoms with E-state index < -0.39 is 0 Å². The van der Waals surface area contributed by atoms with E-state index in [-0.39, 0.29) is 5.56 Å². The smallest absolute Gasteiger partial charge is 0.253 e. The molecule has 0 bridgehead atoms.